The van der Waals surface area contributed by atoms with Crippen LogP contribution in [0.2, 0.25) is 0 Å². The summed E-state index contributed by atoms with van der Waals surface area (Å²) in [6.07, 6.45) is 2.20. The molecule has 1 heterocycles. The van der Waals surface area contributed by atoms with Crippen LogP contribution in [0.5, 0.6) is 5.75 Å². The lowest BCUT2D eigenvalue weighted by atomic mass is 10.1. The second kappa shape index (κ2) is 7.43. The summed E-state index contributed by atoms with van der Waals surface area (Å²) in [5.74, 6) is 0.940. The van der Waals surface area contributed by atoms with E-state index < -0.39 is 0 Å². The van der Waals surface area contributed by atoms with E-state index in [1.807, 2.05) is 24.3 Å². The SMILES string of the molecule is NC1CCN(Cc2cccc(OCc3ccccc3)c2)CC1. The summed E-state index contributed by atoms with van der Waals surface area (Å²) >= 11 is 0. The summed E-state index contributed by atoms with van der Waals surface area (Å²) in [6, 6.07) is 19.1. The molecule has 0 aliphatic carbocycles. The van der Waals surface area contributed by atoms with Gasteiger partial charge in [-0.3, -0.25) is 4.90 Å². The van der Waals surface area contributed by atoms with Crippen molar-refractivity contribution in [2.24, 2.45) is 5.73 Å². The van der Waals surface area contributed by atoms with Gasteiger partial charge in [0.1, 0.15) is 12.4 Å². The third-order valence-corrected chi connectivity index (χ3v) is 4.19. The van der Waals surface area contributed by atoms with E-state index in [0.29, 0.717) is 12.6 Å². The Kier molecular flexibility index (Phi) is 5.09. The van der Waals surface area contributed by atoms with Gasteiger partial charge in [-0.05, 0) is 49.2 Å². The van der Waals surface area contributed by atoms with Crippen molar-refractivity contribution in [1.29, 1.82) is 0 Å². The maximum absolute atomic E-state index is 5.96. The normalized spacial score (nSPS) is 16.6. The number of likely N-dealkylation sites (tertiary alicyclic amines) is 1. The van der Waals surface area contributed by atoms with Crippen molar-refractivity contribution >= 4 is 0 Å². The molecule has 1 saturated heterocycles. The first kappa shape index (κ1) is 15.1. The van der Waals surface area contributed by atoms with Crippen LogP contribution in [0, 0.1) is 0 Å². The molecule has 2 aromatic carbocycles. The number of ether oxygens (including phenoxy) is 1. The second-order valence-corrected chi connectivity index (χ2v) is 6.04. The third kappa shape index (κ3) is 4.33. The molecule has 116 valence electrons. The van der Waals surface area contributed by atoms with Crippen molar-refractivity contribution in [2.45, 2.75) is 32.0 Å². The molecule has 1 aliphatic heterocycles. The fourth-order valence-electron chi connectivity index (χ4n) is 2.84. The molecule has 0 radical (unpaired) electrons. The Morgan fingerprint density at radius 3 is 2.45 bits per heavy atom. The molecule has 0 atom stereocenters. The van der Waals surface area contributed by atoms with Gasteiger partial charge in [0.05, 0.1) is 0 Å². The van der Waals surface area contributed by atoms with Crippen LogP contribution < -0.4 is 10.5 Å². The lowest BCUT2D eigenvalue weighted by molar-refractivity contribution is 0.205. The number of piperidine rings is 1. The Morgan fingerprint density at radius 2 is 1.68 bits per heavy atom. The zero-order valence-corrected chi connectivity index (χ0v) is 12.9. The zero-order valence-electron chi connectivity index (χ0n) is 12.9. The quantitative estimate of drug-likeness (QED) is 0.921. The van der Waals surface area contributed by atoms with Crippen LogP contribution in [0.3, 0.4) is 0 Å². The van der Waals surface area contributed by atoms with E-state index in [1.165, 1.54) is 11.1 Å². The van der Waals surface area contributed by atoms with Crippen LogP contribution in [0.15, 0.2) is 54.6 Å². The number of hydrogen-bond donors (Lipinski definition) is 1. The van der Waals surface area contributed by atoms with Crippen LogP contribution in [-0.4, -0.2) is 24.0 Å². The monoisotopic (exact) mass is 296 g/mol. The lowest BCUT2D eigenvalue weighted by Gasteiger charge is -2.30. The topological polar surface area (TPSA) is 38.5 Å². The number of nitrogens with two attached hydrogens (primary N) is 1. The molecule has 3 heteroatoms. The van der Waals surface area contributed by atoms with Gasteiger partial charge in [0.15, 0.2) is 0 Å². The minimum atomic E-state index is 0.386. The molecule has 0 amide bonds. The van der Waals surface area contributed by atoms with Gasteiger partial charge in [0.2, 0.25) is 0 Å². The minimum Gasteiger partial charge on any atom is -0.489 e. The average molecular weight is 296 g/mol. The first-order valence-corrected chi connectivity index (χ1v) is 8.03. The highest BCUT2D eigenvalue weighted by atomic mass is 16.5. The fourth-order valence-corrected chi connectivity index (χ4v) is 2.84. The van der Waals surface area contributed by atoms with Crippen molar-refractivity contribution < 1.29 is 4.74 Å². The molecule has 0 saturated carbocycles. The van der Waals surface area contributed by atoms with Crippen LogP contribution in [0.25, 0.3) is 0 Å². The van der Waals surface area contributed by atoms with E-state index in [9.17, 15) is 0 Å². The predicted octanol–water partition coefficient (Wildman–Crippen LogP) is 3.19. The Balaban J connectivity index is 1.55. The third-order valence-electron chi connectivity index (χ3n) is 4.19. The van der Waals surface area contributed by atoms with Crippen LogP contribution >= 0.6 is 0 Å². The first-order valence-electron chi connectivity index (χ1n) is 8.03. The van der Waals surface area contributed by atoms with Crippen molar-refractivity contribution in [3.8, 4) is 5.75 Å². The molecule has 22 heavy (non-hydrogen) atoms. The molecule has 1 aliphatic rings. The van der Waals surface area contributed by atoms with Crippen molar-refractivity contribution in [3.05, 3.63) is 65.7 Å². The molecule has 2 aromatic rings. The summed E-state index contributed by atoms with van der Waals surface area (Å²) < 4.78 is 5.90. The standard InChI is InChI=1S/C19H24N2O/c20-18-9-11-21(12-10-18)14-17-7-4-8-19(13-17)22-15-16-5-2-1-3-6-16/h1-8,13,18H,9-12,14-15,20H2. The molecule has 2 N–H and O–H groups in total. The smallest absolute Gasteiger partial charge is 0.120 e. The van der Waals surface area contributed by atoms with Gasteiger partial charge >= 0.3 is 0 Å². The summed E-state index contributed by atoms with van der Waals surface area (Å²) in [5, 5.41) is 0. The summed E-state index contributed by atoms with van der Waals surface area (Å²) in [5.41, 5.74) is 8.46. The van der Waals surface area contributed by atoms with E-state index in [-0.39, 0.29) is 0 Å². The Morgan fingerprint density at radius 1 is 0.955 bits per heavy atom. The van der Waals surface area contributed by atoms with Crippen molar-refractivity contribution in [2.75, 3.05) is 13.1 Å². The lowest BCUT2D eigenvalue weighted by Crippen LogP contribution is -2.39. The van der Waals surface area contributed by atoms with E-state index >= 15 is 0 Å². The van der Waals surface area contributed by atoms with E-state index in [1.54, 1.807) is 0 Å². The zero-order chi connectivity index (χ0) is 15.2. The van der Waals surface area contributed by atoms with E-state index in [0.717, 1.165) is 38.2 Å². The number of rotatable bonds is 5. The van der Waals surface area contributed by atoms with Crippen LogP contribution in [0.4, 0.5) is 0 Å². The van der Waals surface area contributed by atoms with Crippen molar-refractivity contribution in [1.82, 2.24) is 4.90 Å². The molecule has 0 spiro atoms. The Labute approximate surface area is 132 Å². The molecular formula is C19H24N2O. The minimum absolute atomic E-state index is 0.386. The molecule has 3 nitrogen and oxygen atoms in total. The summed E-state index contributed by atoms with van der Waals surface area (Å²) in [4.78, 5) is 2.47. The molecule has 3 rings (SSSR count). The predicted molar refractivity (Wildman–Crippen MR) is 89.7 cm³/mol. The first-order chi connectivity index (χ1) is 10.8. The van der Waals surface area contributed by atoms with Gasteiger partial charge in [0.25, 0.3) is 0 Å². The Hall–Kier alpha value is -1.84. The van der Waals surface area contributed by atoms with E-state index in [2.05, 4.69) is 35.2 Å². The van der Waals surface area contributed by atoms with Crippen molar-refractivity contribution in [3.63, 3.8) is 0 Å². The average Bonchev–Trinajstić information content (AvgIpc) is 2.57. The number of benzene rings is 2. The highest BCUT2D eigenvalue weighted by Crippen LogP contribution is 2.18. The maximum Gasteiger partial charge on any atom is 0.120 e. The number of hydrogen-bond acceptors (Lipinski definition) is 3. The molecule has 0 unspecified atom stereocenters. The molecule has 1 fully saturated rings. The van der Waals surface area contributed by atoms with Gasteiger partial charge in [0, 0.05) is 12.6 Å². The molecular weight excluding hydrogens is 272 g/mol. The number of nitrogens with zero attached hydrogens (tertiary/aromatic N) is 1. The van der Waals surface area contributed by atoms with Gasteiger partial charge in [-0.2, -0.15) is 0 Å². The Bertz CT molecular complexity index is 577. The summed E-state index contributed by atoms with van der Waals surface area (Å²) in [6.45, 7) is 3.78. The summed E-state index contributed by atoms with van der Waals surface area (Å²) in [7, 11) is 0. The van der Waals surface area contributed by atoms with Gasteiger partial charge in [-0.15, -0.1) is 0 Å². The van der Waals surface area contributed by atoms with E-state index in [4.69, 9.17) is 10.5 Å². The fraction of sp³-hybridized carbons (Fsp3) is 0.368. The van der Waals surface area contributed by atoms with Gasteiger partial charge in [-0.1, -0.05) is 42.5 Å². The largest absolute Gasteiger partial charge is 0.489 e. The molecule has 0 bridgehead atoms. The molecule has 0 aromatic heterocycles. The highest BCUT2D eigenvalue weighted by Gasteiger charge is 2.15. The highest BCUT2D eigenvalue weighted by molar-refractivity contribution is 5.29. The maximum atomic E-state index is 5.96. The van der Waals surface area contributed by atoms with Crippen LogP contribution in [-0.2, 0) is 13.2 Å². The van der Waals surface area contributed by atoms with Crippen LogP contribution in [0.1, 0.15) is 24.0 Å². The second-order valence-electron chi connectivity index (χ2n) is 6.04. The van der Waals surface area contributed by atoms with Gasteiger partial charge < -0.3 is 10.5 Å². The van der Waals surface area contributed by atoms with Gasteiger partial charge in [-0.25, -0.2) is 0 Å².